The van der Waals surface area contributed by atoms with Gasteiger partial charge in [-0.1, -0.05) is 11.6 Å². The third-order valence-electron chi connectivity index (χ3n) is 2.62. The molecule has 114 valence electrons. The summed E-state index contributed by atoms with van der Waals surface area (Å²) in [4.78, 5) is 0. The minimum absolute atomic E-state index is 0.175. The van der Waals surface area contributed by atoms with Gasteiger partial charge < -0.3 is 9.73 Å². The Morgan fingerprint density at radius 1 is 1.38 bits per heavy atom. The highest BCUT2D eigenvalue weighted by atomic mass is 79.9. The van der Waals surface area contributed by atoms with E-state index in [-0.39, 0.29) is 16.7 Å². The number of furan rings is 1. The van der Waals surface area contributed by atoms with Gasteiger partial charge in [0.25, 0.3) is 10.0 Å². The lowest BCUT2D eigenvalue weighted by molar-refractivity contribution is 0.417. The van der Waals surface area contributed by atoms with Crippen LogP contribution in [0.15, 0.2) is 38.2 Å². The maximum Gasteiger partial charge on any atom is 0.273 e. The van der Waals surface area contributed by atoms with Gasteiger partial charge in [-0.25, -0.2) is 17.5 Å². The molecule has 0 unspecified atom stereocenters. The Labute approximate surface area is 134 Å². The van der Waals surface area contributed by atoms with Crippen molar-refractivity contribution in [2.45, 2.75) is 11.6 Å². The molecule has 0 spiro atoms. The van der Waals surface area contributed by atoms with Crippen molar-refractivity contribution in [3.63, 3.8) is 0 Å². The summed E-state index contributed by atoms with van der Waals surface area (Å²) in [5.41, 5.74) is 0.493. The maximum absolute atomic E-state index is 13.1. The summed E-state index contributed by atoms with van der Waals surface area (Å²) in [6.07, 6.45) is 0. The van der Waals surface area contributed by atoms with Crippen LogP contribution in [0.25, 0.3) is 0 Å². The molecule has 9 heteroatoms. The highest BCUT2D eigenvalue weighted by Crippen LogP contribution is 2.32. The van der Waals surface area contributed by atoms with Crippen LogP contribution >= 0.6 is 27.5 Å². The van der Waals surface area contributed by atoms with Crippen LogP contribution in [0.3, 0.4) is 0 Å². The van der Waals surface area contributed by atoms with Crippen LogP contribution in [0.2, 0.25) is 5.02 Å². The van der Waals surface area contributed by atoms with Gasteiger partial charge >= 0.3 is 0 Å². The molecule has 0 saturated carbocycles. The number of nitrogens with one attached hydrogen (secondary N) is 2. The van der Waals surface area contributed by atoms with Crippen molar-refractivity contribution in [2.24, 2.45) is 0 Å². The molecule has 1 aromatic carbocycles. The van der Waals surface area contributed by atoms with Gasteiger partial charge in [0.05, 0.1) is 17.3 Å². The second kappa shape index (κ2) is 6.35. The van der Waals surface area contributed by atoms with Crippen LogP contribution in [-0.2, 0) is 16.6 Å². The van der Waals surface area contributed by atoms with Crippen LogP contribution in [0.4, 0.5) is 10.1 Å². The van der Waals surface area contributed by atoms with Gasteiger partial charge in [0.2, 0.25) is 5.09 Å². The van der Waals surface area contributed by atoms with Gasteiger partial charge in [0.15, 0.2) is 0 Å². The predicted octanol–water partition coefficient (Wildman–Crippen LogP) is 3.35. The monoisotopic (exact) mass is 396 g/mol. The molecule has 0 aliphatic carbocycles. The molecule has 0 amide bonds. The fourth-order valence-electron chi connectivity index (χ4n) is 1.58. The summed E-state index contributed by atoms with van der Waals surface area (Å²) in [6.45, 7) is 0.198. The third-order valence-corrected chi connectivity index (χ3v) is 4.83. The minimum atomic E-state index is -3.61. The Balaban J connectivity index is 2.15. The van der Waals surface area contributed by atoms with Crippen LogP contribution in [-0.4, -0.2) is 15.5 Å². The van der Waals surface area contributed by atoms with Gasteiger partial charge in [0, 0.05) is 4.47 Å². The van der Waals surface area contributed by atoms with E-state index in [9.17, 15) is 12.8 Å². The van der Waals surface area contributed by atoms with E-state index in [1.807, 2.05) is 0 Å². The molecule has 5 nitrogen and oxygen atoms in total. The molecule has 0 atom stereocenters. The Bertz CT molecular complexity index is 741. The Hall–Kier alpha value is -1.09. The third kappa shape index (κ3) is 3.76. The van der Waals surface area contributed by atoms with E-state index in [0.29, 0.717) is 15.9 Å². The lowest BCUT2D eigenvalue weighted by atomic mass is 10.3. The van der Waals surface area contributed by atoms with Gasteiger partial charge in [-0.15, -0.1) is 0 Å². The molecule has 1 heterocycles. The van der Waals surface area contributed by atoms with Crippen molar-refractivity contribution >= 4 is 43.2 Å². The summed E-state index contributed by atoms with van der Waals surface area (Å²) in [5.74, 6) is -0.0612. The second-order valence-corrected chi connectivity index (χ2v) is 7.11. The number of hydrogen-bond donors (Lipinski definition) is 2. The molecule has 1 aromatic heterocycles. The summed E-state index contributed by atoms with van der Waals surface area (Å²) in [5, 5.41) is 2.98. The van der Waals surface area contributed by atoms with E-state index < -0.39 is 15.8 Å². The van der Waals surface area contributed by atoms with Crippen molar-refractivity contribution in [1.29, 1.82) is 0 Å². The van der Waals surface area contributed by atoms with Crippen LogP contribution in [0.1, 0.15) is 5.76 Å². The number of rotatable bonds is 5. The van der Waals surface area contributed by atoms with E-state index in [4.69, 9.17) is 16.0 Å². The smallest absolute Gasteiger partial charge is 0.273 e. The first-order valence-corrected chi connectivity index (χ1v) is 8.39. The summed E-state index contributed by atoms with van der Waals surface area (Å²) in [7, 11) is -2.31. The number of hydrogen-bond acceptors (Lipinski definition) is 4. The fourth-order valence-corrected chi connectivity index (χ4v) is 3.21. The Morgan fingerprint density at radius 2 is 2.10 bits per heavy atom. The van der Waals surface area contributed by atoms with E-state index in [2.05, 4.69) is 26.0 Å². The molecular weight excluding hydrogens is 387 g/mol. The van der Waals surface area contributed by atoms with Gasteiger partial charge in [0.1, 0.15) is 11.6 Å². The minimum Gasteiger partial charge on any atom is -0.446 e. The zero-order valence-corrected chi connectivity index (χ0v) is 13.9. The van der Waals surface area contributed by atoms with Gasteiger partial charge in [-0.05, 0) is 47.2 Å². The SMILES string of the molecule is CNS(=O)(=O)c1ccc(CNc2c(Cl)cc(F)cc2Br)o1. The number of benzene rings is 1. The zero-order valence-electron chi connectivity index (χ0n) is 10.8. The zero-order chi connectivity index (χ0) is 15.6. The molecular formula is C12H11BrClFN2O3S. The van der Waals surface area contributed by atoms with Crippen LogP contribution in [0.5, 0.6) is 0 Å². The normalized spacial score (nSPS) is 11.6. The first kappa shape index (κ1) is 16.3. The van der Waals surface area contributed by atoms with Crippen molar-refractivity contribution in [3.05, 3.63) is 45.3 Å². The second-order valence-electron chi connectivity index (χ2n) is 4.03. The topological polar surface area (TPSA) is 71.3 Å². The van der Waals surface area contributed by atoms with Crippen molar-refractivity contribution < 1.29 is 17.2 Å². The molecule has 2 rings (SSSR count). The van der Waals surface area contributed by atoms with Crippen molar-refractivity contribution in [3.8, 4) is 0 Å². The van der Waals surface area contributed by atoms with Crippen LogP contribution < -0.4 is 10.0 Å². The molecule has 0 saturated heterocycles. The van der Waals surface area contributed by atoms with E-state index in [1.54, 1.807) is 0 Å². The summed E-state index contributed by atoms with van der Waals surface area (Å²) < 4.78 is 44.0. The van der Waals surface area contributed by atoms with Gasteiger partial charge in [-0.3, -0.25) is 0 Å². The quantitative estimate of drug-likeness (QED) is 0.811. The number of anilines is 1. The van der Waals surface area contributed by atoms with Gasteiger partial charge in [-0.2, -0.15) is 0 Å². The molecule has 21 heavy (non-hydrogen) atoms. The largest absolute Gasteiger partial charge is 0.446 e. The highest BCUT2D eigenvalue weighted by molar-refractivity contribution is 9.10. The average molecular weight is 398 g/mol. The molecule has 0 radical (unpaired) electrons. The fraction of sp³-hybridized carbons (Fsp3) is 0.167. The molecule has 0 bridgehead atoms. The molecule has 2 N–H and O–H groups in total. The Morgan fingerprint density at radius 3 is 2.71 bits per heavy atom. The van der Waals surface area contributed by atoms with E-state index in [1.165, 1.54) is 31.3 Å². The molecule has 2 aromatic rings. The van der Waals surface area contributed by atoms with Crippen molar-refractivity contribution in [2.75, 3.05) is 12.4 Å². The lowest BCUT2D eigenvalue weighted by Gasteiger charge is -2.09. The first-order chi connectivity index (χ1) is 9.83. The maximum atomic E-state index is 13.1. The highest BCUT2D eigenvalue weighted by Gasteiger charge is 2.16. The summed E-state index contributed by atoms with van der Waals surface area (Å²) >= 11 is 9.13. The van der Waals surface area contributed by atoms with Crippen molar-refractivity contribution in [1.82, 2.24) is 4.72 Å². The lowest BCUT2D eigenvalue weighted by Crippen LogP contribution is -2.17. The van der Waals surface area contributed by atoms with E-state index >= 15 is 0 Å². The molecule has 0 fully saturated rings. The molecule has 0 aliphatic heterocycles. The number of halogens is 3. The first-order valence-electron chi connectivity index (χ1n) is 5.74. The standard InChI is InChI=1S/C12H11BrClFN2O3S/c1-16-21(18,19)11-3-2-8(20-11)6-17-12-9(13)4-7(15)5-10(12)14/h2-5,16-17H,6H2,1H3. The van der Waals surface area contributed by atoms with Crippen LogP contribution in [0, 0.1) is 5.82 Å². The average Bonchev–Trinajstić information content (AvgIpc) is 2.87. The molecule has 0 aliphatic rings. The number of sulfonamides is 1. The Kier molecular flexibility index (Phi) is 4.92. The summed E-state index contributed by atoms with van der Waals surface area (Å²) in [6, 6.07) is 5.33. The predicted molar refractivity (Wildman–Crippen MR) is 81.4 cm³/mol. The van der Waals surface area contributed by atoms with E-state index in [0.717, 1.165) is 0 Å².